The SMILES string of the molecule is CC(C)=C1C2CCC1C(C(=O)Nc1nc(-c3ccc(C)c(C)c3)cs1)C2C(=O)O. The molecule has 4 unspecified atom stereocenters. The van der Waals surface area contributed by atoms with Gasteiger partial charge in [0, 0.05) is 10.9 Å². The Morgan fingerprint density at radius 3 is 2.41 bits per heavy atom. The molecule has 152 valence electrons. The van der Waals surface area contributed by atoms with Gasteiger partial charge in [0.1, 0.15) is 0 Å². The van der Waals surface area contributed by atoms with Gasteiger partial charge < -0.3 is 10.4 Å². The summed E-state index contributed by atoms with van der Waals surface area (Å²) in [6, 6.07) is 6.18. The smallest absolute Gasteiger partial charge is 0.307 e. The number of allylic oxidation sites excluding steroid dienone is 2. The van der Waals surface area contributed by atoms with Gasteiger partial charge in [0.25, 0.3) is 0 Å². The van der Waals surface area contributed by atoms with Crippen molar-refractivity contribution >= 4 is 28.3 Å². The highest BCUT2D eigenvalue weighted by molar-refractivity contribution is 7.14. The van der Waals surface area contributed by atoms with Gasteiger partial charge in [-0.25, -0.2) is 4.98 Å². The number of amides is 1. The summed E-state index contributed by atoms with van der Waals surface area (Å²) in [5.74, 6) is -2.23. The van der Waals surface area contributed by atoms with Crippen molar-refractivity contribution < 1.29 is 14.7 Å². The number of benzene rings is 1. The fourth-order valence-corrected chi connectivity index (χ4v) is 5.88. The van der Waals surface area contributed by atoms with Gasteiger partial charge in [0.05, 0.1) is 17.5 Å². The third-order valence-electron chi connectivity index (χ3n) is 6.54. The summed E-state index contributed by atoms with van der Waals surface area (Å²) in [7, 11) is 0. The van der Waals surface area contributed by atoms with Crippen LogP contribution in [0.2, 0.25) is 0 Å². The number of anilines is 1. The molecule has 4 atom stereocenters. The van der Waals surface area contributed by atoms with Gasteiger partial charge in [0.15, 0.2) is 5.13 Å². The van der Waals surface area contributed by atoms with Crippen molar-refractivity contribution in [2.24, 2.45) is 23.7 Å². The third kappa shape index (κ3) is 3.39. The number of fused-ring (bicyclic) bond motifs is 2. The Labute approximate surface area is 174 Å². The van der Waals surface area contributed by atoms with E-state index in [4.69, 9.17) is 0 Å². The molecule has 2 aromatic rings. The number of carbonyl (C=O) groups is 2. The number of aliphatic carboxylic acids is 1. The first-order valence-corrected chi connectivity index (χ1v) is 10.9. The van der Waals surface area contributed by atoms with Gasteiger partial charge in [-0.1, -0.05) is 23.3 Å². The molecule has 2 saturated carbocycles. The minimum absolute atomic E-state index is 0.0133. The van der Waals surface area contributed by atoms with Crippen LogP contribution in [0.3, 0.4) is 0 Å². The zero-order valence-corrected chi connectivity index (χ0v) is 18.0. The standard InChI is InChI=1S/C23H26N2O3S/c1-11(2)18-15-7-8-16(18)20(22(27)28)19(15)21(26)25-23-24-17(10-29-23)14-6-5-12(3)13(4)9-14/h5-6,9-10,15-16,19-20H,7-8H2,1-4H3,(H,27,28)(H,24,25,26). The van der Waals surface area contributed by atoms with Gasteiger partial charge in [-0.2, -0.15) is 0 Å². The molecule has 6 heteroatoms. The lowest BCUT2D eigenvalue weighted by Gasteiger charge is -2.25. The van der Waals surface area contributed by atoms with Crippen LogP contribution in [-0.2, 0) is 9.59 Å². The summed E-state index contributed by atoms with van der Waals surface area (Å²) >= 11 is 1.38. The molecule has 1 aromatic carbocycles. The third-order valence-corrected chi connectivity index (χ3v) is 7.30. The summed E-state index contributed by atoms with van der Waals surface area (Å²) in [6.07, 6.45) is 1.75. The molecule has 4 rings (SSSR count). The van der Waals surface area contributed by atoms with E-state index in [1.54, 1.807) is 0 Å². The van der Waals surface area contributed by atoms with Crippen LogP contribution in [0.15, 0.2) is 34.7 Å². The number of aromatic nitrogens is 1. The number of nitrogens with zero attached hydrogens (tertiary/aromatic N) is 1. The molecule has 1 aromatic heterocycles. The maximum Gasteiger partial charge on any atom is 0.307 e. The van der Waals surface area contributed by atoms with E-state index < -0.39 is 17.8 Å². The zero-order valence-electron chi connectivity index (χ0n) is 17.2. The first-order valence-electron chi connectivity index (χ1n) is 10.0. The van der Waals surface area contributed by atoms with E-state index >= 15 is 0 Å². The molecule has 0 saturated heterocycles. The lowest BCUT2D eigenvalue weighted by molar-refractivity contribution is -0.148. The fourth-order valence-electron chi connectivity index (χ4n) is 5.16. The maximum absolute atomic E-state index is 13.1. The number of hydrogen-bond donors (Lipinski definition) is 2. The first-order chi connectivity index (χ1) is 13.8. The second-order valence-corrected chi connectivity index (χ2v) is 9.32. The molecular formula is C23H26N2O3S. The normalized spacial score (nSPS) is 25.3. The number of carboxylic acids is 1. The van der Waals surface area contributed by atoms with Crippen molar-refractivity contribution in [2.45, 2.75) is 40.5 Å². The minimum atomic E-state index is -0.869. The largest absolute Gasteiger partial charge is 0.481 e. The van der Waals surface area contributed by atoms with Gasteiger partial charge in [0.2, 0.25) is 5.91 Å². The molecule has 5 nitrogen and oxygen atoms in total. The lowest BCUT2D eigenvalue weighted by atomic mass is 9.79. The van der Waals surface area contributed by atoms with E-state index in [9.17, 15) is 14.7 Å². The Balaban J connectivity index is 1.57. The Bertz CT molecular complexity index is 1020. The Morgan fingerprint density at radius 2 is 1.79 bits per heavy atom. The van der Waals surface area contributed by atoms with Crippen molar-refractivity contribution in [2.75, 3.05) is 5.32 Å². The van der Waals surface area contributed by atoms with Gasteiger partial charge >= 0.3 is 5.97 Å². The van der Waals surface area contributed by atoms with Crippen LogP contribution in [0.4, 0.5) is 5.13 Å². The highest BCUT2D eigenvalue weighted by Gasteiger charge is 2.57. The summed E-state index contributed by atoms with van der Waals surface area (Å²) < 4.78 is 0. The molecule has 0 aliphatic heterocycles. The molecule has 2 aliphatic rings. The Kier molecular flexibility index (Phi) is 5.07. The molecule has 2 N–H and O–H groups in total. The first kappa shape index (κ1) is 19.8. The second kappa shape index (κ2) is 7.41. The molecule has 0 radical (unpaired) electrons. The quantitative estimate of drug-likeness (QED) is 0.691. The van der Waals surface area contributed by atoms with Crippen molar-refractivity contribution in [1.82, 2.24) is 4.98 Å². The summed E-state index contributed by atoms with van der Waals surface area (Å²) in [5.41, 5.74) is 6.60. The Morgan fingerprint density at radius 1 is 1.10 bits per heavy atom. The highest BCUT2D eigenvalue weighted by atomic mass is 32.1. The highest BCUT2D eigenvalue weighted by Crippen LogP contribution is 2.57. The van der Waals surface area contributed by atoms with E-state index in [1.807, 2.05) is 25.3 Å². The molecule has 2 fully saturated rings. The van der Waals surface area contributed by atoms with Crippen LogP contribution in [0.1, 0.15) is 37.8 Å². The molecule has 1 amide bonds. The molecule has 2 aliphatic carbocycles. The lowest BCUT2D eigenvalue weighted by Crippen LogP contribution is -2.37. The fraction of sp³-hybridized carbons (Fsp3) is 0.435. The number of hydrogen-bond acceptors (Lipinski definition) is 4. The number of rotatable bonds is 4. The van der Waals surface area contributed by atoms with Crippen molar-refractivity contribution in [3.05, 3.63) is 45.9 Å². The molecule has 1 heterocycles. The number of carboxylic acid groups (broad SMARTS) is 1. The average Bonchev–Trinajstić information content (AvgIpc) is 3.36. The summed E-state index contributed by atoms with van der Waals surface area (Å²) in [4.78, 5) is 29.6. The maximum atomic E-state index is 13.1. The minimum Gasteiger partial charge on any atom is -0.481 e. The van der Waals surface area contributed by atoms with Gasteiger partial charge in [-0.05, 0) is 69.6 Å². The second-order valence-electron chi connectivity index (χ2n) is 8.46. The van der Waals surface area contributed by atoms with Crippen LogP contribution in [0, 0.1) is 37.5 Å². The topological polar surface area (TPSA) is 79.3 Å². The predicted octanol–water partition coefficient (Wildman–Crippen LogP) is 5.06. The van der Waals surface area contributed by atoms with E-state index in [1.165, 1.54) is 28.0 Å². The number of nitrogens with one attached hydrogen (secondary N) is 1. The Hall–Kier alpha value is -2.47. The van der Waals surface area contributed by atoms with E-state index in [0.717, 1.165) is 29.7 Å². The van der Waals surface area contributed by atoms with Crippen molar-refractivity contribution in [3.8, 4) is 11.3 Å². The number of carbonyl (C=O) groups excluding carboxylic acids is 1. The van der Waals surface area contributed by atoms with Gasteiger partial charge in [-0.3, -0.25) is 9.59 Å². The number of aryl methyl sites for hydroxylation is 2. The van der Waals surface area contributed by atoms with Gasteiger partial charge in [-0.15, -0.1) is 11.3 Å². The monoisotopic (exact) mass is 410 g/mol. The molecule has 0 spiro atoms. The number of thiazole rings is 1. The van der Waals surface area contributed by atoms with E-state index in [2.05, 4.69) is 36.3 Å². The predicted molar refractivity (Wildman–Crippen MR) is 115 cm³/mol. The van der Waals surface area contributed by atoms with Crippen LogP contribution >= 0.6 is 11.3 Å². The molecule has 2 bridgehead atoms. The van der Waals surface area contributed by atoms with Crippen LogP contribution in [-0.4, -0.2) is 22.0 Å². The van der Waals surface area contributed by atoms with Crippen LogP contribution in [0.25, 0.3) is 11.3 Å². The van der Waals surface area contributed by atoms with Crippen molar-refractivity contribution in [1.29, 1.82) is 0 Å². The molecule has 29 heavy (non-hydrogen) atoms. The zero-order chi connectivity index (χ0) is 20.9. The van der Waals surface area contributed by atoms with E-state index in [0.29, 0.717) is 5.13 Å². The van der Waals surface area contributed by atoms with E-state index in [-0.39, 0.29) is 17.7 Å². The van der Waals surface area contributed by atoms with Crippen LogP contribution in [0.5, 0.6) is 0 Å². The van der Waals surface area contributed by atoms with Crippen molar-refractivity contribution in [3.63, 3.8) is 0 Å². The summed E-state index contributed by atoms with van der Waals surface area (Å²) in [5, 5.41) is 15.2. The molecular weight excluding hydrogens is 384 g/mol. The average molecular weight is 411 g/mol. The van der Waals surface area contributed by atoms with Crippen LogP contribution < -0.4 is 5.32 Å². The summed E-state index contributed by atoms with van der Waals surface area (Å²) in [6.45, 7) is 8.18.